The quantitative estimate of drug-likeness (QED) is 0.786. The standard InChI is InChI=1S/C15H25NO3/c1-5-7-19-13-8-12(9-16-10-13)14(17)15(11(3)4)18-6-2/h8-11,14-15,17H,5-7H2,1-4H3. The van der Waals surface area contributed by atoms with Crippen molar-refractivity contribution in [1.82, 2.24) is 4.98 Å². The number of aromatic nitrogens is 1. The van der Waals surface area contributed by atoms with E-state index in [-0.39, 0.29) is 12.0 Å². The summed E-state index contributed by atoms with van der Waals surface area (Å²) in [7, 11) is 0. The molecule has 0 fully saturated rings. The van der Waals surface area contributed by atoms with E-state index in [1.54, 1.807) is 12.4 Å². The molecule has 0 radical (unpaired) electrons. The summed E-state index contributed by atoms with van der Waals surface area (Å²) in [6.45, 7) is 9.29. The van der Waals surface area contributed by atoms with Gasteiger partial charge in [0.1, 0.15) is 11.9 Å². The van der Waals surface area contributed by atoms with Gasteiger partial charge in [0.15, 0.2) is 0 Å². The molecule has 0 aliphatic carbocycles. The molecule has 2 atom stereocenters. The zero-order chi connectivity index (χ0) is 14.3. The Hall–Kier alpha value is -1.13. The molecule has 4 heteroatoms. The Balaban J connectivity index is 2.81. The largest absolute Gasteiger partial charge is 0.492 e. The second-order valence-corrected chi connectivity index (χ2v) is 4.91. The predicted molar refractivity (Wildman–Crippen MR) is 75.2 cm³/mol. The highest BCUT2D eigenvalue weighted by molar-refractivity contribution is 5.25. The maximum Gasteiger partial charge on any atom is 0.137 e. The number of hydrogen-bond acceptors (Lipinski definition) is 4. The SMILES string of the molecule is CCCOc1cncc(C(O)C(OCC)C(C)C)c1. The first-order valence-corrected chi connectivity index (χ1v) is 6.97. The van der Waals surface area contributed by atoms with Gasteiger partial charge in [0, 0.05) is 18.4 Å². The molecule has 108 valence electrons. The van der Waals surface area contributed by atoms with Crippen LogP contribution in [0.5, 0.6) is 5.75 Å². The maximum absolute atomic E-state index is 10.4. The Morgan fingerprint density at radius 2 is 2.00 bits per heavy atom. The van der Waals surface area contributed by atoms with Crippen LogP contribution in [0, 0.1) is 5.92 Å². The van der Waals surface area contributed by atoms with Gasteiger partial charge in [0.25, 0.3) is 0 Å². The third-order valence-corrected chi connectivity index (χ3v) is 2.88. The lowest BCUT2D eigenvalue weighted by molar-refractivity contribution is -0.0587. The zero-order valence-corrected chi connectivity index (χ0v) is 12.3. The van der Waals surface area contributed by atoms with E-state index in [0.29, 0.717) is 19.0 Å². The molecule has 0 saturated heterocycles. The van der Waals surface area contributed by atoms with Gasteiger partial charge in [-0.25, -0.2) is 0 Å². The summed E-state index contributed by atoms with van der Waals surface area (Å²) in [5.74, 6) is 0.924. The second kappa shape index (κ2) is 8.12. The smallest absolute Gasteiger partial charge is 0.137 e. The van der Waals surface area contributed by atoms with Crippen molar-refractivity contribution < 1.29 is 14.6 Å². The molecule has 1 N–H and O–H groups in total. The normalized spacial score (nSPS) is 14.4. The van der Waals surface area contributed by atoms with Crippen LogP contribution in [0.1, 0.15) is 45.8 Å². The first kappa shape index (κ1) is 15.9. The highest BCUT2D eigenvalue weighted by atomic mass is 16.5. The Bertz CT molecular complexity index is 368. The molecule has 0 amide bonds. The minimum atomic E-state index is -0.683. The molecule has 4 nitrogen and oxygen atoms in total. The summed E-state index contributed by atoms with van der Waals surface area (Å²) in [6.07, 6.45) is 3.36. The summed E-state index contributed by atoms with van der Waals surface area (Å²) in [4.78, 5) is 4.12. The molecule has 1 aromatic heterocycles. The van der Waals surface area contributed by atoms with Crippen LogP contribution in [0.15, 0.2) is 18.5 Å². The van der Waals surface area contributed by atoms with Gasteiger partial charge in [-0.05, 0) is 25.3 Å². The number of rotatable bonds is 8. The molecule has 19 heavy (non-hydrogen) atoms. The fourth-order valence-corrected chi connectivity index (χ4v) is 1.93. The summed E-state index contributed by atoms with van der Waals surface area (Å²) in [5, 5.41) is 10.4. The molecule has 0 aliphatic heterocycles. The van der Waals surface area contributed by atoms with Crippen molar-refractivity contribution in [2.45, 2.75) is 46.3 Å². The van der Waals surface area contributed by atoms with Crippen LogP contribution in [0.2, 0.25) is 0 Å². The molecule has 0 saturated carbocycles. The van der Waals surface area contributed by atoms with E-state index in [4.69, 9.17) is 9.47 Å². The van der Waals surface area contributed by atoms with Crippen molar-refractivity contribution in [3.8, 4) is 5.75 Å². The van der Waals surface area contributed by atoms with Crippen LogP contribution in [0.25, 0.3) is 0 Å². The number of aliphatic hydroxyl groups is 1. The van der Waals surface area contributed by atoms with E-state index in [1.807, 2.05) is 26.8 Å². The Morgan fingerprint density at radius 1 is 1.26 bits per heavy atom. The lowest BCUT2D eigenvalue weighted by Gasteiger charge is -2.26. The average Bonchev–Trinajstić information content (AvgIpc) is 2.41. The molecule has 0 spiro atoms. The minimum Gasteiger partial charge on any atom is -0.492 e. The molecule has 2 unspecified atom stereocenters. The van der Waals surface area contributed by atoms with Crippen molar-refractivity contribution in [2.75, 3.05) is 13.2 Å². The Labute approximate surface area is 115 Å². The van der Waals surface area contributed by atoms with Crippen LogP contribution < -0.4 is 4.74 Å². The van der Waals surface area contributed by atoms with E-state index < -0.39 is 6.10 Å². The number of pyridine rings is 1. The van der Waals surface area contributed by atoms with Crippen molar-refractivity contribution in [1.29, 1.82) is 0 Å². The molecule has 0 aromatic carbocycles. The number of nitrogens with zero attached hydrogens (tertiary/aromatic N) is 1. The van der Waals surface area contributed by atoms with Crippen molar-refractivity contribution >= 4 is 0 Å². The van der Waals surface area contributed by atoms with Crippen LogP contribution >= 0.6 is 0 Å². The summed E-state index contributed by atoms with van der Waals surface area (Å²) < 4.78 is 11.2. The lowest BCUT2D eigenvalue weighted by atomic mass is 9.97. The van der Waals surface area contributed by atoms with Gasteiger partial charge in [-0.15, -0.1) is 0 Å². The van der Waals surface area contributed by atoms with E-state index in [0.717, 1.165) is 12.0 Å². The van der Waals surface area contributed by atoms with E-state index >= 15 is 0 Å². The van der Waals surface area contributed by atoms with Gasteiger partial charge in [-0.1, -0.05) is 20.8 Å². The topological polar surface area (TPSA) is 51.6 Å². The van der Waals surface area contributed by atoms with E-state index in [2.05, 4.69) is 11.9 Å². The fraction of sp³-hybridized carbons (Fsp3) is 0.667. The number of aliphatic hydroxyl groups excluding tert-OH is 1. The summed E-state index contributed by atoms with van der Waals surface area (Å²) in [5.41, 5.74) is 0.737. The fourth-order valence-electron chi connectivity index (χ4n) is 1.93. The third-order valence-electron chi connectivity index (χ3n) is 2.88. The van der Waals surface area contributed by atoms with E-state index in [1.165, 1.54) is 0 Å². The monoisotopic (exact) mass is 267 g/mol. The van der Waals surface area contributed by atoms with Crippen LogP contribution in [-0.4, -0.2) is 29.4 Å². The molecular weight excluding hydrogens is 242 g/mol. The molecule has 0 aliphatic rings. The van der Waals surface area contributed by atoms with Crippen LogP contribution in [0.4, 0.5) is 0 Å². The highest BCUT2D eigenvalue weighted by Crippen LogP contribution is 2.26. The average molecular weight is 267 g/mol. The lowest BCUT2D eigenvalue weighted by Crippen LogP contribution is -2.28. The minimum absolute atomic E-state index is 0.228. The van der Waals surface area contributed by atoms with Gasteiger partial charge >= 0.3 is 0 Å². The van der Waals surface area contributed by atoms with E-state index in [9.17, 15) is 5.11 Å². The highest BCUT2D eigenvalue weighted by Gasteiger charge is 2.25. The van der Waals surface area contributed by atoms with Crippen molar-refractivity contribution in [3.63, 3.8) is 0 Å². The van der Waals surface area contributed by atoms with Crippen molar-refractivity contribution in [3.05, 3.63) is 24.0 Å². The predicted octanol–water partition coefficient (Wildman–Crippen LogP) is 2.96. The number of hydrogen-bond donors (Lipinski definition) is 1. The maximum atomic E-state index is 10.4. The van der Waals surface area contributed by atoms with Gasteiger partial charge in [-0.2, -0.15) is 0 Å². The van der Waals surface area contributed by atoms with Gasteiger partial charge in [0.2, 0.25) is 0 Å². The first-order chi connectivity index (χ1) is 9.10. The Kier molecular flexibility index (Phi) is 6.81. The van der Waals surface area contributed by atoms with Crippen LogP contribution in [-0.2, 0) is 4.74 Å². The van der Waals surface area contributed by atoms with Crippen LogP contribution in [0.3, 0.4) is 0 Å². The molecule has 1 rings (SSSR count). The van der Waals surface area contributed by atoms with Crippen molar-refractivity contribution in [2.24, 2.45) is 5.92 Å². The number of ether oxygens (including phenoxy) is 2. The molecule has 1 aromatic rings. The summed E-state index contributed by atoms with van der Waals surface area (Å²) >= 11 is 0. The third kappa shape index (κ3) is 4.80. The molecular formula is C15H25NO3. The zero-order valence-electron chi connectivity index (χ0n) is 12.3. The molecule has 1 heterocycles. The van der Waals surface area contributed by atoms with Gasteiger partial charge in [0.05, 0.1) is 18.9 Å². The Morgan fingerprint density at radius 3 is 2.58 bits per heavy atom. The van der Waals surface area contributed by atoms with Gasteiger partial charge in [-0.3, -0.25) is 4.98 Å². The second-order valence-electron chi connectivity index (χ2n) is 4.91. The summed E-state index contributed by atoms with van der Waals surface area (Å²) in [6, 6.07) is 1.84. The molecule has 0 bridgehead atoms. The first-order valence-electron chi connectivity index (χ1n) is 6.97. The van der Waals surface area contributed by atoms with Gasteiger partial charge < -0.3 is 14.6 Å².